The molecule has 0 aromatic rings. The number of amides is 3. The van der Waals surface area contributed by atoms with Crippen molar-refractivity contribution in [1.29, 1.82) is 0 Å². The van der Waals surface area contributed by atoms with Gasteiger partial charge in [0.25, 0.3) is 5.91 Å². The number of carbonyl (C=O) groups is 2. The highest BCUT2D eigenvalue weighted by atomic mass is 16.6. The van der Waals surface area contributed by atoms with Crippen LogP contribution in [-0.2, 0) is 9.53 Å². The molecule has 2 fully saturated rings. The van der Waals surface area contributed by atoms with Crippen LogP contribution in [0.2, 0.25) is 0 Å². The Hall–Kier alpha value is -1.36. The Balaban J connectivity index is 1.78. The van der Waals surface area contributed by atoms with Crippen molar-refractivity contribution >= 4 is 11.9 Å². The van der Waals surface area contributed by atoms with Gasteiger partial charge in [-0.3, -0.25) is 9.69 Å². The Morgan fingerprint density at radius 3 is 2.58 bits per heavy atom. The van der Waals surface area contributed by atoms with Gasteiger partial charge in [0.2, 0.25) is 0 Å². The number of likely N-dealkylation sites (N-methyl/N-ethyl adjacent to an activating group) is 1. The molecular weight excluding hydrogens is 244 g/mol. The van der Waals surface area contributed by atoms with E-state index >= 15 is 0 Å². The molecule has 0 aromatic carbocycles. The highest BCUT2D eigenvalue weighted by molar-refractivity contribution is 6.01. The first-order valence-corrected chi connectivity index (χ1v) is 6.70. The third-order valence-corrected chi connectivity index (χ3v) is 3.82. The van der Waals surface area contributed by atoms with Crippen molar-refractivity contribution in [3.8, 4) is 0 Å². The highest BCUT2D eigenvalue weighted by Crippen LogP contribution is 2.38. The summed E-state index contributed by atoms with van der Waals surface area (Å²) in [5.41, 5.74) is 1.23. The molecular formula is C14H22N2O3. The predicted molar refractivity (Wildman–Crippen MR) is 71.7 cm³/mol. The maximum Gasteiger partial charge on any atom is 0.327 e. The van der Waals surface area contributed by atoms with Crippen LogP contribution in [0.3, 0.4) is 0 Å². The monoisotopic (exact) mass is 266 g/mol. The molecule has 0 spiro atoms. The average molecular weight is 266 g/mol. The molecule has 19 heavy (non-hydrogen) atoms. The van der Waals surface area contributed by atoms with Crippen molar-refractivity contribution < 1.29 is 14.3 Å². The number of imide groups is 1. The van der Waals surface area contributed by atoms with E-state index < -0.39 is 0 Å². The van der Waals surface area contributed by atoms with E-state index in [-0.39, 0.29) is 24.1 Å². The lowest BCUT2D eigenvalue weighted by molar-refractivity contribution is -0.124. The maximum atomic E-state index is 11.7. The van der Waals surface area contributed by atoms with Crippen LogP contribution in [0, 0.1) is 0 Å². The van der Waals surface area contributed by atoms with E-state index in [4.69, 9.17) is 4.74 Å². The highest BCUT2D eigenvalue weighted by Gasteiger charge is 2.46. The van der Waals surface area contributed by atoms with Crippen molar-refractivity contribution in [3.05, 3.63) is 11.6 Å². The van der Waals surface area contributed by atoms with Crippen molar-refractivity contribution in [2.24, 2.45) is 0 Å². The van der Waals surface area contributed by atoms with E-state index in [0.717, 1.165) is 12.8 Å². The Bertz CT molecular complexity index is 428. The van der Waals surface area contributed by atoms with Crippen LogP contribution in [0.25, 0.3) is 0 Å². The topological polar surface area (TPSA) is 53.2 Å². The van der Waals surface area contributed by atoms with Crippen LogP contribution >= 0.6 is 0 Å². The van der Waals surface area contributed by atoms with Gasteiger partial charge in [0.05, 0.1) is 11.7 Å². The molecule has 0 unspecified atom stereocenters. The fourth-order valence-corrected chi connectivity index (χ4v) is 2.30. The SMILES string of the molecule is C/C(=C\CN1C(=O)CN(C)C1=O)CC[C@H]1OC1(C)C. The van der Waals surface area contributed by atoms with Crippen LogP contribution in [0.4, 0.5) is 4.79 Å². The zero-order chi connectivity index (χ0) is 14.2. The number of carbonyl (C=O) groups excluding carboxylic acids is 2. The summed E-state index contributed by atoms with van der Waals surface area (Å²) in [6.07, 6.45) is 4.25. The van der Waals surface area contributed by atoms with Gasteiger partial charge in [0.1, 0.15) is 6.54 Å². The molecule has 106 valence electrons. The largest absolute Gasteiger partial charge is 0.367 e. The van der Waals surface area contributed by atoms with Gasteiger partial charge in [-0.25, -0.2) is 4.79 Å². The molecule has 0 aliphatic carbocycles. The lowest BCUT2D eigenvalue weighted by Crippen LogP contribution is -2.31. The summed E-state index contributed by atoms with van der Waals surface area (Å²) in [5.74, 6) is -0.122. The molecule has 2 rings (SSSR count). The molecule has 5 heteroatoms. The quantitative estimate of drug-likeness (QED) is 0.433. The summed E-state index contributed by atoms with van der Waals surface area (Å²) in [5, 5.41) is 0. The van der Waals surface area contributed by atoms with Crippen molar-refractivity contribution in [1.82, 2.24) is 9.80 Å². The van der Waals surface area contributed by atoms with E-state index in [9.17, 15) is 9.59 Å². The number of hydrogen-bond acceptors (Lipinski definition) is 3. The third kappa shape index (κ3) is 3.15. The van der Waals surface area contributed by atoms with Gasteiger partial charge in [-0.05, 0) is 33.6 Å². The molecule has 2 aliphatic rings. The fraction of sp³-hybridized carbons (Fsp3) is 0.714. The van der Waals surface area contributed by atoms with E-state index in [1.807, 2.05) is 13.0 Å². The number of rotatable bonds is 5. The second-order valence-corrected chi connectivity index (χ2v) is 5.94. The molecule has 0 bridgehead atoms. The molecule has 0 saturated carbocycles. The molecule has 0 radical (unpaired) electrons. The number of epoxide rings is 1. The smallest absolute Gasteiger partial charge is 0.327 e. The average Bonchev–Trinajstić information content (AvgIpc) is 2.85. The molecule has 5 nitrogen and oxygen atoms in total. The fourth-order valence-electron chi connectivity index (χ4n) is 2.30. The summed E-state index contributed by atoms with van der Waals surface area (Å²) < 4.78 is 5.53. The molecule has 0 aromatic heterocycles. The zero-order valence-electron chi connectivity index (χ0n) is 12.1. The van der Waals surface area contributed by atoms with Gasteiger partial charge >= 0.3 is 6.03 Å². The molecule has 1 atom stereocenters. The summed E-state index contributed by atoms with van der Waals surface area (Å²) >= 11 is 0. The van der Waals surface area contributed by atoms with E-state index in [0.29, 0.717) is 12.6 Å². The second kappa shape index (κ2) is 4.96. The molecule has 0 N–H and O–H groups in total. The lowest BCUT2D eigenvalue weighted by Gasteiger charge is -2.12. The first-order chi connectivity index (χ1) is 8.81. The van der Waals surface area contributed by atoms with Crippen LogP contribution < -0.4 is 0 Å². The number of nitrogens with zero attached hydrogens (tertiary/aromatic N) is 2. The minimum Gasteiger partial charge on any atom is -0.367 e. The van der Waals surface area contributed by atoms with Crippen molar-refractivity contribution in [3.63, 3.8) is 0 Å². The zero-order valence-corrected chi connectivity index (χ0v) is 12.1. The Morgan fingerprint density at radius 1 is 1.47 bits per heavy atom. The third-order valence-electron chi connectivity index (χ3n) is 3.82. The minimum absolute atomic E-state index is 0.0316. The summed E-state index contributed by atoms with van der Waals surface area (Å²) in [7, 11) is 1.64. The number of hydrogen-bond donors (Lipinski definition) is 0. The Labute approximate surface area is 114 Å². The normalized spacial score (nSPS) is 26.3. The van der Waals surface area contributed by atoms with Gasteiger partial charge in [-0.15, -0.1) is 0 Å². The standard InChI is InChI=1S/C14H22N2O3/c1-10(5-6-11-14(2,3)19-11)7-8-16-12(17)9-15(4)13(16)18/h7,11H,5-6,8-9H2,1-4H3/b10-7+/t11-/m1/s1. The molecule has 2 saturated heterocycles. The van der Waals surface area contributed by atoms with E-state index in [1.54, 1.807) is 7.05 Å². The number of ether oxygens (including phenoxy) is 1. The number of urea groups is 1. The summed E-state index contributed by atoms with van der Waals surface area (Å²) in [6.45, 7) is 6.78. The Morgan fingerprint density at radius 2 is 2.11 bits per heavy atom. The van der Waals surface area contributed by atoms with Gasteiger partial charge in [-0.1, -0.05) is 11.6 Å². The maximum absolute atomic E-state index is 11.7. The molecule has 2 heterocycles. The Kier molecular flexibility index (Phi) is 3.67. The summed E-state index contributed by atoms with van der Waals surface area (Å²) in [4.78, 5) is 26.0. The van der Waals surface area contributed by atoms with Crippen LogP contribution in [0.5, 0.6) is 0 Å². The molecule has 2 aliphatic heterocycles. The minimum atomic E-state index is -0.208. The van der Waals surface area contributed by atoms with Crippen LogP contribution in [0.15, 0.2) is 11.6 Å². The van der Waals surface area contributed by atoms with Crippen LogP contribution in [0.1, 0.15) is 33.6 Å². The van der Waals surface area contributed by atoms with Gasteiger partial charge in [-0.2, -0.15) is 0 Å². The van der Waals surface area contributed by atoms with Gasteiger partial charge < -0.3 is 9.64 Å². The lowest BCUT2D eigenvalue weighted by atomic mass is 10.0. The summed E-state index contributed by atoms with van der Waals surface area (Å²) in [6, 6.07) is -0.208. The van der Waals surface area contributed by atoms with Gasteiger partial charge in [0.15, 0.2) is 0 Å². The second-order valence-electron chi connectivity index (χ2n) is 5.94. The first-order valence-electron chi connectivity index (χ1n) is 6.70. The molecule has 3 amide bonds. The van der Waals surface area contributed by atoms with Crippen LogP contribution in [-0.4, -0.2) is 53.6 Å². The van der Waals surface area contributed by atoms with E-state index in [1.165, 1.54) is 15.4 Å². The van der Waals surface area contributed by atoms with Crippen molar-refractivity contribution in [2.45, 2.75) is 45.3 Å². The number of allylic oxidation sites excluding steroid dienone is 1. The first kappa shape index (κ1) is 14.1. The van der Waals surface area contributed by atoms with E-state index in [2.05, 4.69) is 13.8 Å². The van der Waals surface area contributed by atoms with Crippen molar-refractivity contribution in [2.75, 3.05) is 20.1 Å². The van der Waals surface area contributed by atoms with Gasteiger partial charge in [0, 0.05) is 13.6 Å². The predicted octanol–water partition coefficient (Wildman–Crippen LogP) is 1.78.